The number of nitrogens with one attached hydrogen (secondary N) is 1. The molecule has 0 saturated heterocycles. The van der Waals surface area contributed by atoms with Crippen molar-refractivity contribution >= 4 is 11.6 Å². The molecule has 3 nitrogen and oxygen atoms in total. The van der Waals surface area contributed by atoms with E-state index in [-0.39, 0.29) is 5.71 Å². The van der Waals surface area contributed by atoms with E-state index in [4.69, 9.17) is 4.11 Å². The van der Waals surface area contributed by atoms with Gasteiger partial charge in [-0.1, -0.05) is 6.58 Å². The van der Waals surface area contributed by atoms with Crippen LogP contribution in [-0.2, 0) is 4.79 Å². The van der Waals surface area contributed by atoms with Crippen molar-refractivity contribution in [3.8, 4) is 0 Å². The lowest BCUT2D eigenvalue weighted by Gasteiger charge is -1.93. The van der Waals surface area contributed by atoms with Crippen LogP contribution in [0.2, 0.25) is 0 Å². The van der Waals surface area contributed by atoms with Crippen LogP contribution in [0.4, 0.5) is 0 Å². The molecule has 1 amide bonds. The molecule has 0 spiro atoms. The van der Waals surface area contributed by atoms with Crippen LogP contribution in [0.1, 0.15) is 11.0 Å². The summed E-state index contributed by atoms with van der Waals surface area (Å²) >= 11 is 0. The zero-order chi connectivity index (χ0) is 9.78. The van der Waals surface area contributed by atoms with Gasteiger partial charge in [0.25, 0.3) is 5.91 Å². The quantitative estimate of drug-likeness (QED) is 0.536. The molecule has 0 unspecified atom stereocenters. The molecule has 0 heterocycles. The molecule has 0 atom stereocenters. The summed E-state index contributed by atoms with van der Waals surface area (Å²) in [6.45, 7) is 2.21. The lowest BCUT2D eigenvalue weighted by Crippen LogP contribution is -2.24. The van der Waals surface area contributed by atoms with Crippen molar-refractivity contribution in [3.05, 3.63) is 12.8 Å². The number of aliphatic imine (C=N–C) groups is 1. The summed E-state index contributed by atoms with van der Waals surface area (Å²) in [7, 11) is 0. The van der Waals surface area contributed by atoms with Crippen molar-refractivity contribution in [2.45, 2.75) is 6.92 Å². The van der Waals surface area contributed by atoms with Crippen LogP contribution in [-0.4, -0.2) is 18.6 Å². The fourth-order valence-corrected chi connectivity index (χ4v) is 0.286. The van der Waals surface area contributed by atoms with Gasteiger partial charge in [-0.25, -0.2) is 0 Å². The predicted octanol–water partition coefficient (Wildman–Crippen LogP) is 0.337. The van der Waals surface area contributed by atoms with Gasteiger partial charge in [0.2, 0.25) is 0 Å². The van der Waals surface area contributed by atoms with E-state index in [1.54, 1.807) is 5.32 Å². The summed E-state index contributed by atoms with van der Waals surface area (Å²) in [5.74, 6) is -0.713. The molecule has 9 heavy (non-hydrogen) atoms. The Hall–Kier alpha value is -1.12. The maximum atomic E-state index is 10.9. The average molecular weight is 129 g/mol. The van der Waals surface area contributed by atoms with Gasteiger partial charge < -0.3 is 5.32 Å². The lowest BCUT2D eigenvalue weighted by atomic mass is 10.4. The van der Waals surface area contributed by atoms with Crippen LogP contribution >= 0.6 is 0 Å². The Kier molecular flexibility index (Phi) is 1.63. The molecule has 0 bridgehead atoms. The van der Waals surface area contributed by atoms with E-state index < -0.39 is 12.9 Å². The van der Waals surface area contributed by atoms with Crippen molar-refractivity contribution in [2.75, 3.05) is 6.98 Å². The first-order valence-electron chi connectivity index (χ1n) is 3.84. The van der Waals surface area contributed by atoms with Crippen LogP contribution in [0.15, 0.2) is 17.8 Å². The molecule has 0 radical (unpaired) electrons. The van der Waals surface area contributed by atoms with Gasteiger partial charge in [-0.15, -0.1) is 0 Å². The Labute approximate surface area is 58.7 Å². The molecule has 0 aromatic heterocycles. The molecule has 0 fully saturated rings. The van der Waals surface area contributed by atoms with E-state index >= 15 is 0 Å². The number of nitrogens with zero attached hydrogens (tertiary/aromatic N) is 1. The number of carbonyl (C=O) groups excluding carboxylic acids is 1. The van der Waals surface area contributed by atoms with E-state index in [9.17, 15) is 4.79 Å². The Morgan fingerprint density at radius 2 is 2.67 bits per heavy atom. The molecular formula is C6H10N2O. The second kappa shape index (κ2) is 3.83. The van der Waals surface area contributed by atoms with E-state index in [2.05, 4.69) is 11.6 Å². The number of hydrogen-bond acceptors (Lipinski definition) is 2. The number of amides is 1. The van der Waals surface area contributed by atoms with Crippen LogP contribution in [0.25, 0.3) is 0 Å². The first-order chi connectivity index (χ1) is 5.37. The first-order valence-corrected chi connectivity index (χ1v) is 2.34. The minimum absolute atomic E-state index is 0.0705. The van der Waals surface area contributed by atoms with Gasteiger partial charge in [0.1, 0.15) is 5.71 Å². The number of carbonyl (C=O) groups is 1. The largest absolute Gasteiger partial charge is 0.354 e. The second-order valence-electron chi connectivity index (χ2n) is 1.35. The van der Waals surface area contributed by atoms with Crippen molar-refractivity contribution in [1.29, 1.82) is 0 Å². The molecule has 0 saturated carbocycles. The van der Waals surface area contributed by atoms with Crippen LogP contribution in [0, 0.1) is 0 Å². The third-order valence-corrected chi connectivity index (χ3v) is 0.727. The molecule has 0 aliphatic rings. The minimum Gasteiger partial charge on any atom is -0.354 e. The fraction of sp³-hybridized carbons (Fsp3) is 0.333. The van der Waals surface area contributed by atoms with E-state index in [0.717, 1.165) is 0 Å². The predicted molar refractivity (Wildman–Crippen MR) is 37.4 cm³/mol. The van der Waals surface area contributed by atoms with Gasteiger partial charge in [0.05, 0.1) is 0 Å². The molecular weight excluding hydrogens is 116 g/mol. The molecule has 0 aromatic carbocycles. The summed E-state index contributed by atoms with van der Waals surface area (Å²) in [6.07, 6.45) is 1.18. The highest BCUT2D eigenvalue weighted by molar-refractivity contribution is 6.37. The van der Waals surface area contributed by atoms with Crippen molar-refractivity contribution in [1.82, 2.24) is 5.32 Å². The average Bonchev–Trinajstić information content (AvgIpc) is 1.84. The lowest BCUT2D eigenvalue weighted by molar-refractivity contribution is -0.114. The summed E-state index contributed by atoms with van der Waals surface area (Å²) < 4.78 is 20.1. The van der Waals surface area contributed by atoms with Crippen LogP contribution < -0.4 is 5.32 Å². The maximum Gasteiger partial charge on any atom is 0.265 e. The van der Waals surface area contributed by atoms with Gasteiger partial charge in [-0.05, 0) is 6.92 Å². The smallest absolute Gasteiger partial charge is 0.265 e. The second-order valence-corrected chi connectivity index (χ2v) is 1.35. The third kappa shape index (κ3) is 2.64. The Morgan fingerprint density at radius 1 is 2.00 bits per heavy atom. The van der Waals surface area contributed by atoms with Gasteiger partial charge in [-0.3, -0.25) is 9.79 Å². The standard InChI is InChI=1S/C6H10N2O/c1-4-8-5(2)6(9)7-3/h4H,1H2,2-3H3,(H,7,9)/b8-5+/i3D3. The highest BCUT2D eigenvalue weighted by atomic mass is 16.1. The highest BCUT2D eigenvalue weighted by Gasteiger charge is 1.98. The first kappa shape index (κ1) is 3.82. The third-order valence-electron chi connectivity index (χ3n) is 0.727. The minimum atomic E-state index is -2.46. The monoisotopic (exact) mass is 129 g/mol. The molecule has 0 aliphatic carbocycles. The van der Waals surface area contributed by atoms with Gasteiger partial charge in [0.15, 0.2) is 0 Å². The molecule has 50 valence electrons. The Balaban J connectivity index is 4.24. The van der Waals surface area contributed by atoms with Crippen molar-refractivity contribution < 1.29 is 8.91 Å². The highest BCUT2D eigenvalue weighted by Crippen LogP contribution is 1.76. The molecule has 0 aromatic rings. The van der Waals surface area contributed by atoms with Crippen LogP contribution in [0.3, 0.4) is 0 Å². The number of hydrogen-bond donors (Lipinski definition) is 1. The molecule has 1 N–H and O–H groups in total. The summed E-state index contributed by atoms with van der Waals surface area (Å²) in [6, 6.07) is 0. The Morgan fingerprint density at radius 3 is 3.11 bits per heavy atom. The van der Waals surface area contributed by atoms with Gasteiger partial charge in [0, 0.05) is 17.3 Å². The van der Waals surface area contributed by atoms with Crippen LogP contribution in [0.5, 0.6) is 0 Å². The molecule has 0 aliphatic heterocycles. The summed E-state index contributed by atoms with van der Waals surface area (Å²) in [5.41, 5.74) is 0.0705. The SMILES string of the molecule is [2H]C([2H])([2H])NC(=O)/C(C)=N/C=C. The number of rotatable bonds is 2. The van der Waals surface area contributed by atoms with Gasteiger partial charge >= 0.3 is 0 Å². The topological polar surface area (TPSA) is 41.5 Å². The van der Waals surface area contributed by atoms with Crippen molar-refractivity contribution in [2.24, 2.45) is 4.99 Å². The summed E-state index contributed by atoms with van der Waals surface area (Å²) in [4.78, 5) is 14.4. The normalized spacial score (nSPS) is 17.0. The fourth-order valence-electron chi connectivity index (χ4n) is 0.286. The zero-order valence-electron chi connectivity index (χ0n) is 8.14. The van der Waals surface area contributed by atoms with E-state index in [1.165, 1.54) is 13.1 Å². The van der Waals surface area contributed by atoms with E-state index in [0.29, 0.717) is 0 Å². The Bertz CT molecular complexity index is 219. The zero-order valence-corrected chi connectivity index (χ0v) is 5.14. The van der Waals surface area contributed by atoms with E-state index in [1.807, 2.05) is 0 Å². The van der Waals surface area contributed by atoms with Gasteiger partial charge in [-0.2, -0.15) is 0 Å². The van der Waals surface area contributed by atoms with Crippen molar-refractivity contribution in [3.63, 3.8) is 0 Å². The molecule has 0 rings (SSSR count). The maximum absolute atomic E-state index is 10.9. The molecule has 3 heteroatoms. The summed E-state index contributed by atoms with van der Waals surface area (Å²) in [5, 5.41) is 1.79.